The lowest BCUT2D eigenvalue weighted by Gasteiger charge is -2.15. The summed E-state index contributed by atoms with van der Waals surface area (Å²) in [6.45, 7) is 3.16. The highest BCUT2D eigenvalue weighted by molar-refractivity contribution is 7.09. The number of hydrogen-bond acceptors (Lipinski definition) is 4. The van der Waals surface area contributed by atoms with Gasteiger partial charge in [-0.15, -0.1) is 11.3 Å². The molecule has 0 aliphatic rings. The minimum atomic E-state index is 0.324. The standard InChI is InChI=1S/C20H22N2OS/c1-15(22-12-11-18-13-21-14-24-18)16-7-9-17(10-8-16)19-5-3-4-6-20(19)23-2/h3-10,13-15,22H,11-12H2,1-2H3. The molecule has 1 heterocycles. The molecule has 1 atom stereocenters. The van der Waals surface area contributed by atoms with Gasteiger partial charge in [0.1, 0.15) is 5.75 Å². The smallest absolute Gasteiger partial charge is 0.126 e. The first-order valence-electron chi connectivity index (χ1n) is 8.12. The fraction of sp³-hybridized carbons (Fsp3) is 0.250. The van der Waals surface area contributed by atoms with Crippen LogP contribution in [0.15, 0.2) is 60.2 Å². The van der Waals surface area contributed by atoms with Gasteiger partial charge in [-0.05, 0) is 30.5 Å². The Morgan fingerprint density at radius 1 is 1.12 bits per heavy atom. The summed E-state index contributed by atoms with van der Waals surface area (Å²) in [6, 6.07) is 17.1. The molecule has 4 heteroatoms. The fourth-order valence-electron chi connectivity index (χ4n) is 2.73. The summed E-state index contributed by atoms with van der Waals surface area (Å²) < 4.78 is 5.45. The largest absolute Gasteiger partial charge is 0.496 e. The number of aromatic nitrogens is 1. The van der Waals surface area contributed by atoms with Gasteiger partial charge in [0.25, 0.3) is 0 Å². The Morgan fingerprint density at radius 2 is 1.92 bits per heavy atom. The van der Waals surface area contributed by atoms with Crippen LogP contribution in [0.1, 0.15) is 23.4 Å². The number of nitrogens with one attached hydrogen (secondary N) is 1. The van der Waals surface area contributed by atoms with Gasteiger partial charge in [0.05, 0.1) is 12.6 Å². The van der Waals surface area contributed by atoms with Crippen LogP contribution in [-0.2, 0) is 6.42 Å². The van der Waals surface area contributed by atoms with Crippen molar-refractivity contribution in [1.29, 1.82) is 0 Å². The third-order valence-corrected chi connectivity index (χ3v) is 4.97. The third kappa shape index (κ3) is 4.02. The maximum Gasteiger partial charge on any atom is 0.126 e. The van der Waals surface area contributed by atoms with Gasteiger partial charge in [-0.25, -0.2) is 0 Å². The van der Waals surface area contributed by atoms with E-state index in [-0.39, 0.29) is 0 Å². The molecule has 1 N–H and O–H groups in total. The summed E-state index contributed by atoms with van der Waals surface area (Å²) in [5, 5.41) is 3.57. The molecule has 0 fully saturated rings. The first-order chi connectivity index (χ1) is 11.8. The monoisotopic (exact) mass is 338 g/mol. The molecule has 2 aromatic carbocycles. The molecule has 3 aromatic rings. The van der Waals surface area contributed by atoms with Crippen LogP contribution < -0.4 is 10.1 Å². The second kappa shape index (κ2) is 8.08. The zero-order chi connectivity index (χ0) is 16.8. The first-order valence-corrected chi connectivity index (χ1v) is 9.00. The van der Waals surface area contributed by atoms with E-state index in [0.717, 1.165) is 24.3 Å². The highest BCUT2D eigenvalue weighted by Gasteiger charge is 2.08. The van der Waals surface area contributed by atoms with E-state index in [1.807, 2.05) is 29.9 Å². The summed E-state index contributed by atoms with van der Waals surface area (Å²) in [7, 11) is 1.71. The number of benzene rings is 2. The molecule has 1 unspecified atom stereocenters. The predicted octanol–water partition coefficient (Wildman–Crippen LogP) is 4.71. The van der Waals surface area contributed by atoms with Gasteiger partial charge in [-0.1, -0.05) is 42.5 Å². The molecule has 3 nitrogen and oxygen atoms in total. The molecule has 0 saturated carbocycles. The summed E-state index contributed by atoms with van der Waals surface area (Å²) in [4.78, 5) is 5.43. The van der Waals surface area contributed by atoms with Gasteiger partial charge in [-0.2, -0.15) is 0 Å². The van der Waals surface area contributed by atoms with E-state index in [9.17, 15) is 0 Å². The number of hydrogen-bond donors (Lipinski definition) is 1. The summed E-state index contributed by atoms with van der Waals surface area (Å²) >= 11 is 1.71. The van der Waals surface area contributed by atoms with Crippen molar-refractivity contribution in [3.05, 3.63) is 70.7 Å². The molecule has 0 saturated heterocycles. The Morgan fingerprint density at radius 3 is 2.62 bits per heavy atom. The van der Waals surface area contributed by atoms with Crippen LogP contribution in [0.5, 0.6) is 5.75 Å². The molecule has 24 heavy (non-hydrogen) atoms. The lowest BCUT2D eigenvalue weighted by Crippen LogP contribution is -2.21. The Bertz CT molecular complexity index is 754. The van der Waals surface area contributed by atoms with Gasteiger partial charge in [-0.3, -0.25) is 4.98 Å². The number of ether oxygens (including phenoxy) is 1. The zero-order valence-electron chi connectivity index (χ0n) is 14.0. The van der Waals surface area contributed by atoms with Gasteiger partial charge >= 0.3 is 0 Å². The van der Waals surface area contributed by atoms with E-state index < -0.39 is 0 Å². The van der Waals surface area contributed by atoms with Crippen molar-refractivity contribution in [2.24, 2.45) is 0 Å². The Labute approximate surface area is 147 Å². The van der Waals surface area contributed by atoms with E-state index in [1.165, 1.54) is 16.0 Å². The molecular formula is C20H22N2OS. The topological polar surface area (TPSA) is 34.1 Å². The molecule has 124 valence electrons. The molecular weight excluding hydrogens is 316 g/mol. The Balaban J connectivity index is 1.63. The van der Waals surface area contributed by atoms with Crippen molar-refractivity contribution in [2.75, 3.05) is 13.7 Å². The molecule has 3 rings (SSSR count). The summed E-state index contributed by atoms with van der Waals surface area (Å²) in [5.74, 6) is 0.904. The van der Waals surface area contributed by atoms with Crippen molar-refractivity contribution in [2.45, 2.75) is 19.4 Å². The molecule has 0 aliphatic carbocycles. The molecule has 0 amide bonds. The Hall–Kier alpha value is -2.17. The molecule has 0 bridgehead atoms. The van der Waals surface area contributed by atoms with Crippen LogP contribution in [0.25, 0.3) is 11.1 Å². The van der Waals surface area contributed by atoms with E-state index in [4.69, 9.17) is 4.74 Å². The van der Waals surface area contributed by atoms with Crippen molar-refractivity contribution in [3.63, 3.8) is 0 Å². The van der Waals surface area contributed by atoms with Crippen molar-refractivity contribution < 1.29 is 4.74 Å². The minimum Gasteiger partial charge on any atom is -0.496 e. The van der Waals surface area contributed by atoms with E-state index >= 15 is 0 Å². The maximum atomic E-state index is 5.45. The van der Waals surface area contributed by atoms with Gasteiger partial charge < -0.3 is 10.1 Å². The number of rotatable bonds is 7. The van der Waals surface area contributed by atoms with Crippen molar-refractivity contribution in [3.8, 4) is 16.9 Å². The fourth-order valence-corrected chi connectivity index (χ4v) is 3.33. The lowest BCUT2D eigenvalue weighted by molar-refractivity contribution is 0.416. The van der Waals surface area contributed by atoms with Crippen molar-refractivity contribution in [1.82, 2.24) is 10.3 Å². The Kier molecular flexibility index (Phi) is 5.62. The van der Waals surface area contributed by atoms with Gasteiger partial charge in [0, 0.05) is 29.2 Å². The molecule has 1 aromatic heterocycles. The SMILES string of the molecule is COc1ccccc1-c1ccc(C(C)NCCc2cncs2)cc1. The average molecular weight is 338 g/mol. The van der Waals surface area contributed by atoms with Gasteiger partial charge in [0.2, 0.25) is 0 Å². The van der Waals surface area contributed by atoms with Crippen molar-refractivity contribution >= 4 is 11.3 Å². The van der Waals surface area contributed by atoms with Crippen LogP contribution >= 0.6 is 11.3 Å². The number of para-hydroxylation sites is 1. The van der Waals surface area contributed by atoms with Crippen LogP contribution in [-0.4, -0.2) is 18.6 Å². The molecule has 0 aliphatic heterocycles. The maximum absolute atomic E-state index is 5.45. The normalized spacial score (nSPS) is 12.1. The third-order valence-electron chi connectivity index (χ3n) is 4.13. The second-order valence-corrected chi connectivity index (χ2v) is 6.69. The zero-order valence-corrected chi connectivity index (χ0v) is 14.8. The van der Waals surface area contributed by atoms with Crippen LogP contribution in [0.3, 0.4) is 0 Å². The first kappa shape index (κ1) is 16.7. The number of thiazole rings is 1. The van der Waals surface area contributed by atoms with E-state index in [0.29, 0.717) is 6.04 Å². The van der Waals surface area contributed by atoms with E-state index in [2.05, 4.69) is 47.6 Å². The summed E-state index contributed by atoms with van der Waals surface area (Å²) in [6.07, 6.45) is 2.97. The van der Waals surface area contributed by atoms with E-state index in [1.54, 1.807) is 18.4 Å². The number of methoxy groups -OCH3 is 1. The summed E-state index contributed by atoms with van der Waals surface area (Å²) in [5.41, 5.74) is 5.47. The molecule has 0 radical (unpaired) electrons. The van der Waals surface area contributed by atoms with Crippen LogP contribution in [0.2, 0.25) is 0 Å². The minimum absolute atomic E-state index is 0.324. The predicted molar refractivity (Wildman–Crippen MR) is 101 cm³/mol. The van der Waals surface area contributed by atoms with Crippen LogP contribution in [0, 0.1) is 0 Å². The number of nitrogens with zero attached hydrogens (tertiary/aromatic N) is 1. The second-order valence-electron chi connectivity index (χ2n) is 5.72. The average Bonchev–Trinajstić information content (AvgIpc) is 3.15. The van der Waals surface area contributed by atoms with Gasteiger partial charge in [0.15, 0.2) is 0 Å². The lowest BCUT2D eigenvalue weighted by atomic mass is 10.0. The highest BCUT2D eigenvalue weighted by Crippen LogP contribution is 2.30. The highest BCUT2D eigenvalue weighted by atomic mass is 32.1. The molecule has 0 spiro atoms. The van der Waals surface area contributed by atoms with Crippen LogP contribution in [0.4, 0.5) is 0 Å². The quantitative estimate of drug-likeness (QED) is 0.677.